The van der Waals surface area contributed by atoms with Crippen molar-refractivity contribution in [2.45, 2.75) is 138 Å². The van der Waals surface area contributed by atoms with Crippen LogP contribution in [0.15, 0.2) is 36.4 Å². The molecule has 0 aromatic heterocycles. The number of fused-ring (bicyclic) bond motifs is 3. The molecule has 1 aliphatic carbocycles. The summed E-state index contributed by atoms with van der Waals surface area (Å²) in [5.74, 6) is -3.86. The zero-order valence-corrected chi connectivity index (χ0v) is 30.6. The van der Waals surface area contributed by atoms with E-state index in [1.807, 2.05) is 37.3 Å². The lowest BCUT2D eigenvalue weighted by Crippen LogP contribution is -2.64. The van der Waals surface area contributed by atoms with Gasteiger partial charge in [0.05, 0.1) is 37.4 Å². The van der Waals surface area contributed by atoms with Crippen LogP contribution in [0.4, 0.5) is 0 Å². The van der Waals surface area contributed by atoms with Gasteiger partial charge in [0.2, 0.25) is 12.1 Å². The Morgan fingerprint density at radius 3 is 2.26 bits per heavy atom. The molecule has 5 saturated heterocycles. The smallest absolute Gasteiger partial charge is 0.331 e. The van der Waals surface area contributed by atoms with Crippen LogP contribution in [0, 0.1) is 17.8 Å². The Balaban J connectivity index is 1.02. The second-order valence-corrected chi connectivity index (χ2v) is 15.4. The van der Waals surface area contributed by atoms with Gasteiger partial charge in [0.1, 0.15) is 30.5 Å². The van der Waals surface area contributed by atoms with E-state index < -0.39 is 109 Å². The summed E-state index contributed by atoms with van der Waals surface area (Å²) in [7, 11) is 0. The molecule has 4 N–H and O–H groups in total. The van der Waals surface area contributed by atoms with E-state index >= 15 is 0 Å². The maximum Gasteiger partial charge on any atom is 0.331 e. The van der Waals surface area contributed by atoms with Crippen molar-refractivity contribution in [2.24, 2.45) is 17.8 Å². The van der Waals surface area contributed by atoms with Crippen LogP contribution in [0.25, 0.3) is 6.08 Å². The van der Waals surface area contributed by atoms with Gasteiger partial charge in [-0.05, 0) is 44.7 Å². The molecule has 16 heteroatoms. The van der Waals surface area contributed by atoms with Gasteiger partial charge in [-0.25, -0.2) is 4.79 Å². The van der Waals surface area contributed by atoms with Crippen LogP contribution in [0.2, 0.25) is 0 Å². The van der Waals surface area contributed by atoms with Crippen LogP contribution in [-0.2, 0) is 57.0 Å². The van der Waals surface area contributed by atoms with E-state index in [0.29, 0.717) is 19.4 Å². The number of hydrogen-bond donors (Lipinski definition) is 4. The van der Waals surface area contributed by atoms with Gasteiger partial charge in [-0.15, -0.1) is 0 Å². The number of rotatable bonds is 8. The van der Waals surface area contributed by atoms with Crippen molar-refractivity contribution < 1.29 is 77.4 Å². The number of esters is 3. The molecule has 2 spiro atoms. The average molecular weight is 763 g/mol. The molecule has 7 rings (SSSR count). The first kappa shape index (κ1) is 39.2. The van der Waals surface area contributed by atoms with Crippen LogP contribution in [0.5, 0.6) is 0 Å². The highest BCUT2D eigenvalue weighted by Crippen LogP contribution is 2.62. The number of aliphatic hydroxyl groups excluding tert-OH is 4. The number of hydrogen-bond acceptors (Lipinski definition) is 16. The third kappa shape index (κ3) is 7.45. The number of epoxide rings is 1. The molecule has 6 fully saturated rings. The quantitative estimate of drug-likeness (QED) is 0.124. The van der Waals surface area contributed by atoms with Gasteiger partial charge in [0.15, 0.2) is 24.1 Å². The third-order valence-electron chi connectivity index (χ3n) is 11.7. The topological polar surface area (TPSA) is 218 Å². The van der Waals surface area contributed by atoms with Gasteiger partial charge < -0.3 is 63.1 Å². The predicted molar refractivity (Wildman–Crippen MR) is 181 cm³/mol. The van der Waals surface area contributed by atoms with Crippen LogP contribution in [0.3, 0.4) is 0 Å². The lowest BCUT2D eigenvalue weighted by Gasteiger charge is -2.46. The molecule has 1 aromatic rings. The van der Waals surface area contributed by atoms with Crippen molar-refractivity contribution in [2.75, 3.05) is 13.2 Å². The first-order chi connectivity index (χ1) is 25.7. The highest BCUT2D eigenvalue weighted by Gasteiger charge is 2.76. The minimum atomic E-state index is -1.73. The Kier molecular flexibility index (Phi) is 11.2. The van der Waals surface area contributed by atoms with E-state index in [1.54, 1.807) is 6.08 Å². The second-order valence-electron chi connectivity index (χ2n) is 15.4. The van der Waals surface area contributed by atoms with E-state index in [-0.39, 0.29) is 31.3 Å². The van der Waals surface area contributed by atoms with Crippen molar-refractivity contribution in [3.05, 3.63) is 42.0 Å². The normalized spacial score (nSPS) is 45.9. The summed E-state index contributed by atoms with van der Waals surface area (Å²) in [6, 6.07) is 9.43. The lowest BCUT2D eigenvalue weighted by molar-refractivity contribution is -0.357. The molecule has 1 aromatic carbocycles. The molecule has 0 radical (unpaired) electrons. The van der Waals surface area contributed by atoms with Gasteiger partial charge >= 0.3 is 17.9 Å². The molecule has 298 valence electrons. The Hall–Kier alpha value is -3.03. The highest BCUT2D eigenvalue weighted by atomic mass is 16.8. The summed E-state index contributed by atoms with van der Waals surface area (Å²) in [4.78, 5) is 38.6. The second kappa shape index (κ2) is 15.5. The highest BCUT2D eigenvalue weighted by molar-refractivity contribution is 5.87. The van der Waals surface area contributed by atoms with Crippen molar-refractivity contribution >= 4 is 24.0 Å². The first-order valence-electron chi connectivity index (χ1n) is 18.7. The maximum atomic E-state index is 13.8. The number of aliphatic hydroxyl groups is 4. The fourth-order valence-corrected chi connectivity index (χ4v) is 8.58. The maximum absolute atomic E-state index is 13.8. The zero-order valence-electron chi connectivity index (χ0n) is 30.6. The first-order valence-corrected chi connectivity index (χ1v) is 18.7. The predicted octanol–water partition coefficient (Wildman–Crippen LogP) is 0.742. The molecule has 0 unspecified atom stereocenters. The molecule has 0 amide bonds. The number of carbonyl (C=O) groups is 3. The Bertz CT molecular complexity index is 1550. The fraction of sp³-hybridized carbons (Fsp3) is 0.711. The largest absolute Gasteiger partial charge is 0.459 e. The molecule has 17 atom stereocenters. The summed E-state index contributed by atoms with van der Waals surface area (Å²) < 4.78 is 53.7. The van der Waals surface area contributed by atoms with Gasteiger partial charge in [-0.1, -0.05) is 37.3 Å². The lowest BCUT2D eigenvalue weighted by atomic mass is 9.72. The molecule has 6 aliphatic rings. The molecule has 0 bridgehead atoms. The van der Waals surface area contributed by atoms with Crippen LogP contribution >= 0.6 is 0 Å². The fourth-order valence-electron chi connectivity index (χ4n) is 8.58. The molecule has 5 heterocycles. The zero-order chi connectivity index (χ0) is 38.5. The Morgan fingerprint density at radius 2 is 1.56 bits per heavy atom. The van der Waals surface area contributed by atoms with Crippen LogP contribution < -0.4 is 0 Å². The summed E-state index contributed by atoms with van der Waals surface area (Å²) in [5.41, 5.74) is 0.124. The minimum Gasteiger partial charge on any atom is -0.459 e. The van der Waals surface area contributed by atoms with E-state index in [1.165, 1.54) is 19.9 Å². The van der Waals surface area contributed by atoms with Gasteiger partial charge in [0, 0.05) is 31.3 Å². The molecule has 54 heavy (non-hydrogen) atoms. The number of carbonyl (C=O) groups excluding carboxylic acids is 3. The number of ether oxygens (including phenoxy) is 9. The van der Waals surface area contributed by atoms with E-state index in [0.717, 1.165) is 12.5 Å². The summed E-state index contributed by atoms with van der Waals surface area (Å²) in [6.07, 6.45) is -10.5. The van der Waals surface area contributed by atoms with E-state index in [9.17, 15) is 34.8 Å². The molecule has 16 nitrogen and oxygen atoms in total. The van der Waals surface area contributed by atoms with Crippen molar-refractivity contribution in [3.8, 4) is 0 Å². The Labute approximate surface area is 312 Å². The van der Waals surface area contributed by atoms with E-state index in [2.05, 4.69) is 0 Å². The van der Waals surface area contributed by atoms with Crippen LogP contribution in [0.1, 0.15) is 58.9 Å². The molecular formula is C38H50O16. The molecular weight excluding hydrogens is 712 g/mol. The van der Waals surface area contributed by atoms with Crippen molar-refractivity contribution in [1.29, 1.82) is 0 Å². The van der Waals surface area contributed by atoms with Gasteiger partial charge in [0.25, 0.3) is 0 Å². The van der Waals surface area contributed by atoms with Crippen molar-refractivity contribution in [1.82, 2.24) is 0 Å². The summed E-state index contributed by atoms with van der Waals surface area (Å²) >= 11 is 0. The molecule has 5 aliphatic heterocycles. The summed E-state index contributed by atoms with van der Waals surface area (Å²) in [6.45, 7) is 6.78. The van der Waals surface area contributed by atoms with Gasteiger partial charge in [-0.3, -0.25) is 9.59 Å². The van der Waals surface area contributed by atoms with Crippen LogP contribution in [-0.4, -0.2) is 137 Å². The Morgan fingerprint density at radius 1 is 0.833 bits per heavy atom. The van der Waals surface area contributed by atoms with Crippen molar-refractivity contribution in [3.63, 3.8) is 0 Å². The van der Waals surface area contributed by atoms with E-state index in [4.69, 9.17) is 42.6 Å². The monoisotopic (exact) mass is 762 g/mol. The third-order valence-corrected chi connectivity index (χ3v) is 11.7. The summed E-state index contributed by atoms with van der Waals surface area (Å²) in [5, 5.41) is 42.5. The SMILES string of the molecule is CC(=O)O[C@H]1[C@H](O)[C@@H](O[C@@H]2O[C@H](C)[C@@H](O)[C@H](O)[C@H]2O)[C@H](OC(=O)[C@@H]2CC[C@@H]3[C@H](C2)O[C@]2(C[C@H](OC(=O)/C=C/c4ccccc4)[C@H](C)CO2)[C@@]32CO2)O[C@@H]1C. The molecule has 1 saturated carbocycles. The number of benzene rings is 1. The average Bonchev–Trinajstić information content (AvgIpc) is 3.92. The standard InChI is InChI=1S/C38H50O16/c1-18-16-46-38(15-26(18)51-27(40)13-10-22-8-6-5-7-9-22)37(17-47-37)24-12-11-23(14-25(24)54-38)34(45)53-36-33(31(44)32(20(3)49-36)50-21(4)39)52-35-30(43)29(42)28(41)19(2)48-35/h5-10,13,18-20,23-26,28-33,35-36,41-44H,11-12,14-17H2,1-4H3/b13-10+/t18-,19-,20-,23-,24-,25+,26+,28-,29+,30-,31+,32-,33-,35+,36+,37-,38-/m1/s1. The van der Waals surface area contributed by atoms with Gasteiger partial charge in [-0.2, -0.15) is 0 Å². The minimum absolute atomic E-state index is 0.0914.